The van der Waals surface area contributed by atoms with E-state index in [9.17, 15) is 0 Å². The minimum absolute atomic E-state index is 0.268. The molecule has 1 aromatic rings. The summed E-state index contributed by atoms with van der Waals surface area (Å²) < 4.78 is 5.51. The maximum Gasteiger partial charge on any atom is 0.136 e. The van der Waals surface area contributed by atoms with Gasteiger partial charge in [0, 0.05) is 38.5 Å². The fraction of sp³-hybridized carbons (Fsp3) is 0.667. The predicted octanol–water partition coefficient (Wildman–Crippen LogP) is 0.796. The predicted molar refractivity (Wildman–Crippen MR) is 66.7 cm³/mol. The lowest BCUT2D eigenvalue weighted by Crippen LogP contribution is -2.44. The van der Waals surface area contributed by atoms with E-state index in [4.69, 9.17) is 10.5 Å². The lowest BCUT2D eigenvalue weighted by atomic mass is 9.95. The first-order chi connectivity index (χ1) is 8.26. The second-order valence-electron chi connectivity index (χ2n) is 4.56. The molecule has 1 aliphatic heterocycles. The molecule has 0 aliphatic carbocycles. The molecule has 0 saturated carbocycles. The molecule has 5 heteroatoms. The van der Waals surface area contributed by atoms with Gasteiger partial charge in [0.2, 0.25) is 0 Å². The maximum absolute atomic E-state index is 5.71. The van der Waals surface area contributed by atoms with Gasteiger partial charge < -0.3 is 15.4 Å². The van der Waals surface area contributed by atoms with Crippen molar-refractivity contribution in [2.45, 2.75) is 26.0 Å². The molecule has 94 valence electrons. The molecule has 1 aliphatic rings. The van der Waals surface area contributed by atoms with Crippen molar-refractivity contribution in [1.82, 2.24) is 9.97 Å². The molecular formula is C12H20N4O. The van der Waals surface area contributed by atoms with Gasteiger partial charge in [-0.25, -0.2) is 9.97 Å². The summed E-state index contributed by atoms with van der Waals surface area (Å²) in [5.74, 6) is 1.55. The Labute approximate surface area is 102 Å². The standard InChI is InChI=1S/C12H20N4O/c1-9-3-4-16(7-11(9)17-2)12-10(5-13)6-14-8-15-12/h6,8-9,11H,3-5,7,13H2,1-2H3. The van der Waals surface area contributed by atoms with Crippen LogP contribution in [0.4, 0.5) is 5.82 Å². The summed E-state index contributed by atoms with van der Waals surface area (Å²) in [6, 6.07) is 0. The van der Waals surface area contributed by atoms with E-state index < -0.39 is 0 Å². The van der Waals surface area contributed by atoms with E-state index in [1.165, 1.54) is 0 Å². The first-order valence-corrected chi connectivity index (χ1v) is 6.03. The van der Waals surface area contributed by atoms with Gasteiger partial charge in [0.15, 0.2) is 0 Å². The van der Waals surface area contributed by atoms with Crippen LogP contribution in [0.15, 0.2) is 12.5 Å². The third-order valence-electron chi connectivity index (χ3n) is 3.48. The number of aromatic nitrogens is 2. The molecule has 0 radical (unpaired) electrons. The van der Waals surface area contributed by atoms with Crippen molar-refractivity contribution in [1.29, 1.82) is 0 Å². The van der Waals surface area contributed by atoms with E-state index in [2.05, 4.69) is 21.8 Å². The zero-order chi connectivity index (χ0) is 12.3. The zero-order valence-electron chi connectivity index (χ0n) is 10.5. The Morgan fingerprint density at radius 3 is 3.12 bits per heavy atom. The minimum Gasteiger partial charge on any atom is -0.379 e. The summed E-state index contributed by atoms with van der Waals surface area (Å²) in [5, 5.41) is 0. The van der Waals surface area contributed by atoms with Gasteiger partial charge in [-0.3, -0.25) is 0 Å². The Balaban J connectivity index is 2.17. The molecule has 0 bridgehead atoms. The molecule has 2 rings (SSSR count). The van der Waals surface area contributed by atoms with Gasteiger partial charge in [0.05, 0.1) is 6.10 Å². The fourth-order valence-corrected chi connectivity index (χ4v) is 2.31. The average Bonchev–Trinajstić information content (AvgIpc) is 2.39. The van der Waals surface area contributed by atoms with E-state index >= 15 is 0 Å². The number of methoxy groups -OCH3 is 1. The smallest absolute Gasteiger partial charge is 0.136 e. The number of hydrogen-bond donors (Lipinski definition) is 1. The summed E-state index contributed by atoms with van der Waals surface area (Å²) in [7, 11) is 1.77. The van der Waals surface area contributed by atoms with Crippen LogP contribution in [-0.4, -0.2) is 36.3 Å². The minimum atomic E-state index is 0.268. The van der Waals surface area contributed by atoms with Crippen LogP contribution in [-0.2, 0) is 11.3 Å². The molecule has 1 saturated heterocycles. The van der Waals surface area contributed by atoms with E-state index in [-0.39, 0.29) is 6.10 Å². The average molecular weight is 236 g/mol. The molecule has 0 spiro atoms. The number of hydrogen-bond acceptors (Lipinski definition) is 5. The van der Waals surface area contributed by atoms with Gasteiger partial charge in [-0.05, 0) is 12.3 Å². The highest BCUT2D eigenvalue weighted by Crippen LogP contribution is 2.25. The lowest BCUT2D eigenvalue weighted by Gasteiger charge is -2.37. The molecule has 1 fully saturated rings. The molecule has 1 aromatic heterocycles. The van der Waals surface area contributed by atoms with E-state index in [0.29, 0.717) is 12.5 Å². The summed E-state index contributed by atoms with van der Waals surface area (Å²) in [6.07, 6.45) is 4.76. The van der Waals surface area contributed by atoms with Crippen LogP contribution in [0.5, 0.6) is 0 Å². The zero-order valence-corrected chi connectivity index (χ0v) is 10.5. The highest BCUT2D eigenvalue weighted by molar-refractivity contribution is 5.45. The van der Waals surface area contributed by atoms with E-state index in [0.717, 1.165) is 30.9 Å². The maximum atomic E-state index is 5.71. The molecule has 2 atom stereocenters. The van der Waals surface area contributed by atoms with Crippen molar-refractivity contribution in [3.8, 4) is 0 Å². The van der Waals surface area contributed by atoms with Crippen LogP contribution in [0.25, 0.3) is 0 Å². The summed E-state index contributed by atoms with van der Waals surface area (Å²) in [4.78, 5) is 10.6. The summed E-state index contributed by atoms with van der Waals surface area (Å²) in [5.41, 5.74) is 6.71. The van der Waals surface area contributed by atoms with E-state index in [1.807, 2.05) is 0 Å². The summed E-state index contributed by atoms with van der Waals surface area (Å²) >= 11 is 0. The van der Waals surface area contributed by atoms with Gasteiger partial charge in [0.25, 0.3) is 0 Å². The van der Waals surface area contributed by atoms with Crippen LogP contribution in [0, 0.1) is 5.92 Å². The van der Waals surface area contributed by atoms with Gasteiger partial charge in [-0.2, -0.15) is 0 Å². The van der Waals surface area contributed by atoms with Crippen molar-refractivity contribution in [3.05, 3.63) is 18.1 Å². The van der Waals surface area contributed by atoms with Gasteiger partial charge in [-0.1, -0.05) is 6.92 Å². The van der Waals surface area contributed by atoms with Gasteiger partial charge in [0.1, 0.15) is 12.1 Å². The Bertz CT molecular complexity index is 371. The van der Waals surface area contributed by atoms with Crippen molar-refractivity contribution in [2.24, 2.45) is 11.7 Å². The number of anilines is 1. The third-order valence-corrected chi connectivity index (χ3v) is 3.48. The Hall–Kier alpha value is -1.20. The first-order valence-electron chi connectivity index (χ1n) is 6.03. The quantitative estimate of drug-likeness (QED) is 0.841. The van der Waals surface area contributed by atoms with Crippen LogP contribution < -0.4 is 10.6 Å². The van der Waals surface area contributed by atoms with Crippen molar-refractivity contribution < 1.29 is 4.74 Å². The number of nitrogens with two attached hydrogens (primary N) is 1. The molecule has 17 heavy (non-hydrogen) atoms. The molecule has 5 nitrogen and oxygen atoms in total. The van der Waals surface area contributed by atoms with Gasteiger partial charge >= 0.3 is 0 Å². The van der Waals surface area contributed by atoms with Crippen molar-refractivity contribution >= 4 is 5.82 Å². The van der Waals surface area contributed by atoms with Gasteiger partial charge in [-0.15, -0.1) is 0 Å². The summed E-state index contributed by atoms with van der Waals surface area (Å²) in [6.45, 7) is 4.59. The Morgan fingerprint density at radius 2 is 2.41 bits per heavy atom. The number of ether oxygens (including phenoxy) is 1. The molecular weight excluding hydrogens is 216 g/mol. The molecule has 2 N–H and O–H groups in total. The second kappa shape index (κ2) is 5.42. The first kappa shape index (κ1) is 12.3. The third kappa shape index (κ3) is 2.56. The molecule has 2 heterocycles. The Morgan fingerprint density at radius 1 is 1.59 bits per heavy atom. The molecule has 2 unspecified atom stereocenters. The van der Waals surface area contributed by atoms with Crippen LogP contribution in [0.1, 0.15) is 18.9 Å². The van der Waals surface area contributed by atoms with E-state index in [1.54, 1.807) is 19.6 Å². The van der Waals surface area contributed by atoms with Crippen molar-refractivity contribution in [2.75, 3.05) is 25.1 Å². The topological polar surface area (TPSA) is 64.3 Å². The SMILES string of the molecule is COC1CN(c2ncncc2CN)CCC1C. The lowest BCUT2D eigenvalue weighted by molar-refractivity contribution is 0.0496. The Kier molecular flexibility index (Phi) is 3.91. The van der Waals surface area contributed by atoms with Crippen LogP contribution in [0.2, 0.25) is 0 Å². The highest BCUT2D eigenvalue weighted by atomic mass is 16.5. The van der Waals surface area contributed by atoms with Crippen LogP contribution >= 0.6 is 0 Å². The number of nitrogens with zero attached hydrogens (tertiary/aromatic N) is 3. The van der Waals surface area contributed by atoms with Crippen LogP contribution in [0.3, 0.4) is 0 Å². The fourth-order valence-electron chi connectivity index (χ4n) is 2.31. The number of rotatable bonds is 3. The van der Waals surface area contributed by atoms with Crippen molar-refractivity contribution in [3.63, 3.8) is 0 Å². The highest BCUT2D eigenvalue weighted by Gasteiger charge is 2.27. The normalized spacial score (nSPS) is 25.0. The molecule has 0 amide bonds. The monoisotopic (exact) mass is 236 g/mol. The second-order valence-corrected chi connectivity index (χ2v) is 4.56. The number of piperidine rings is 1. The largest absolute Gasteiger partial charge is 0.379 e. The molecule has 0 aromatic carbocycles.